The molecule has 3 aromatic rings. The van der Waals surface area contributed by atoms with Gasteiger partial charge in [-0.3, -0.25) is 9.59 Å². The molecule has 0 heterocycles. The molecule has 0 aliphatic carbocycles. The number of rotatable bonds is 12. The van der Waals surface area contributed by atoms with Crippen molar-refractivity contribution in [1.29, 1.82) is 0 Å². The van der Waals surface area contributed by atoms with Crippen LogP contribution in [0.5, 0.6) is 0 Å². The summed E-state index contributed by atoms with van der Waals surface area (Å²) in [5, 5.41) is 3.96. The summed E-state index contributed by atoms with van der Waals surface area (Å²) in [7, 11) is -2.62. The molecule has 210 valence electrons. The van der Waals surface area contributed by atoms with Gasteiger partial charge in [-0.2, -0.15) is 0 Å². The standard InChI is InChI=1S/C31H34N2O6S/c1-3-29(34)33(31(36)39-2)28(23-25-15-9-5-10-16-25)30(35)32-26(20-19-24-13-7-4-8-14-24)21-22-40(37,38)27-17-11-6-12-18-27/h4-18,21-22,26,28H,3,19-20,23H2,1-2H3,(H,32,35)/b22-21+/t26-,28?/m0/s1. The van der Waals surface area contributed by atoms with Crippen LogP contribution < -0.4 is 5.32 Å². The van der Waals surface area contributed by atoms with Crippen molar-refractivity contribution in [1.82, 2.24) is 10.2 Å². The van der Waals surface area contributed by atoms with Gasteiger partial charge in [-0.1, -0.05) is 91.9 Å². The van der Waals surface area contributed by atoms with Crippen molar-refractivity contribution in [2.24, 2.45) is 0 Å². The lowest BCUT2D eigenvalue weighted by molar-refractivity contribution is -0.138. The van der Waals surface area contributed by atoms with E-state index in [0.29, 0.717) is 12.8 Å². The van der Waals surface area contributed by atoms with E-state index in [9.17, 15) is 22.8 Å². The Hall–Kier alpha value is -4.24. The molecule has 1 unspecified atom stereocenters. The highest BCUT2D eigenvalue weighted by molar-refractivity contribution is 7.94. The number of amides is 3. The van der Waals surface area contributed by atoms with E-state index in [1.54, 1.807) is 49.4 Å². The molecule has 0 bridgehead atoms. The van der Waals surface area contributed by atoms with E-state index < -0.39 is 39.8 Å². The Balaban J connectivity index is 1.93. The second-order valence-corrected chi connectivity index (χ2v) is 11.0. The molecule has 1 N–H and O–H groups in total. The van der Waals surface area contributed by atoms with Gasteiger partial charge in [0.1, 0.15) is 6.04 Å². The van der Waals surface area contributed by atoms with Gasteiger partial charge >= 0.3 is 6.09 Å². The first-order valence-corrected chi connectivity index (χ1v) is 14.6. The summed E-state index contributed by atoms with van der Waals surface area (Å²) in [5.41, 5.74) is 1.75. The van der Waals surface area contributed by atoms with Gasteiger partial charge in [0.25, 0.3) is 0 Å². The summed E-state index contributed by atoms with van der Waals surface area (Å²) in [5.74, 6) is -1.16. The molecular formula is C31H34N2O6S. The van der Waals surface area contributed by atoms with Crippen LogP contribution >= 0.6 is 0 Å². The molecule has 3 aromatic carbocycles. The second-order valence-electron chi connectivity index (χ2n) is 9.12. The highest BCUT2D eigenvalue weighted by Gasteiger charge is 2.35. The van der Waals surface area contributed by atoms with Crippen molar-refractivity contribution in [2.75, 3.05) is 7.11 Å². The molecule has 0 aliphatic heterocycles. The topological polar surface area (TPSA) is 110 Å². The Morgan fingerprint density at radius 3 is 1.98 bits per heavy atom. The van der Waals surface area contributed by atoms with Gasteiger partial charge in [0.05, 0.1) is 12.0 Å². The number of hydrogen-bond acceptors (Lipinski definition) is 6. The Morgan fingerprint density at radius 2 is 1.43 bits per heavy atom. The van der Waals surface area contributed by atoms with Crippen LogP contribution in [-0.2, 0) is 37.0 Å². The molecule has 0 fully saturated rings. The van der Waals surface area contributed by atoms with Crippen LogP contribution in [0.3, 0.4) is 0 Å². The molecule has 0 radical (unpaired) electrons. The summed E-state index contributed by atoms with van der Waals surface area (Å²) in [6.07, 6.45) is 1.48. The lowest BCUT2D eigenvalue weighted by Gasteiger charge is -2.29. The molecule has 0 saturated carbocycles. The predicted octanol–water partition coefficient (Wildman–Crippen LogP) is 4.71. The molecule has 3 rings (SSSR count). The summed E-state index contributed by atoms with van der Waals surface area (Å²) < 4.78 is 30.7. The molecule has 9 heteroatoms. The molecule has 3 amide bonds. The van der Waals surface area contributed by atoms with Crippen molar-refractivity contribution in [2.45, 2.75) is 49.6 Å². The maximum Gasteiger partial charge on any atom is 0.417 e. The molecule has 40 heavy (non-hydrogen) atoms. The quantitative estimate of drug-likeness (QED) is 0.343. The van der Waals surface area contributed by atoms with E-state index in [1.165, 1.54) is 18.2 Å². The van der Waals surface area contributed by atoms with Crippen LogP contribution in [0.25, 0.3) is 0 Å². The van der Waals surface area contributed by atoms with Crippen LogP contribution in [0, 0.1) is 0 Å². The number of carbonyl (C=O) groups is 3. The average molecular weight is 563 g/mol. The lowest BCUT2D eigenvalue weighted by Crippen LogP contribution is -2.54. The van der Waals surface area contributed by atoms with Crippen LogP contribution in [0.4, 0.5) is 4.79 Å². The van der Waals surface area contributed by atoms with Crippen molar-refractivity contribution in [3.8, 4) is 0 Å². The van der Waals surface area contributed by atoms with Crippen molar-refractivity contribution >= 4 is 27.7 Å². The number of carbonyl (C=O) groups excluding carboxylic acids is 3. The van der Waals surface area contributed by atoms with E-state index in [0.717, 1.165) is 28.5 Å². The average Bonchev–Trinajstić information content (AvgIpc) is 2.99. The zero-order valence-electron chi connectivity index (χ0n) is 22.6. The van der Waals surface area contributed by atoms with Gasteiger partial charge in [0, 0.05) is 24.3 Å². The third-order valence-electron chi connectivity index (χ3n) is 6.30. The van der Waals surface area contributed by atoms with E-state index >= 15 is 0 Å². The largest absolute Gasteiger partial charge is 0.452 e. The highest BCUT2D eigenvalue weighted by Crippen LogP contribution is 2.16. The number of hydrogen-bond donors (Lipinski definition) is 1. The minimum Gasteiger partial charge on any atom is -0.452 e. The Labute approximate surface area is 235 Å². The smallest absolute Gasteiger partial charge is 0.417 e. The highest BCUT2D eigenvalue weighted by atomic mass is 32.2. The summed E-state index contributed by atoms with van der Waals surface area (Å²) >= 11 is 0. The fraction of sp³-hybridized carbons (Fsp3) is 0.258. The lowest BCUT2D eigenvalue weighted by atomic mass is 10.0. The van der Waals surface area contributed by atoms with Gasteiger partial charge in [-0.05, 0) is 36.1 Å². The minimum absolute atomic E-state index is 0.0136. The molecule has 2 atom stereocenters. The monoisotopic (exact) mass is 562 g/mol. The number of methoxy groups -OCH3 is 1. The number of benzene rings is 3. The van der Waals surface area contributed by atoms with Gasteiger partial charge in [-0.15, -0.1) is 0 Å². The first kappa shape index (κ1) is 30.3. The van der Waals surface area contributed by atoms with E-state index in [1.807, 2.05) is 36.4 Å². The number of sulfone groups is 1. The zero-order chi connectivity index (χ0) is 29.0. The first-order chi connectivity index (χ1) is 19.2. The van der Waals surface area contributed by atoms with Crippen LogP contribution in [-0.4, -0.2) is 50.4 Å². The fourth-order valence-electron chi connectivity index (χ4n) is 4.16. The van der Waals surface area contributed by atoms with Crippen molar-refractivity contribution < 1.29 is 27.5 Å². The third-order valence-corrected chi connectivity index (χ3v) is 7.75. The molecule has 0 saturated heterocycles. The maximum absolute atomic E-state index is 13.7. The normalized spacial score (nSPS) is 12.8. The van der Waals surface area contributed by atoms with Crippen molar-refractivity contribution in [3.63, 3.8) is 0 Å². The number of imide groups is 1. The maximum atomic E-state index is 13.7. The van der Waals surface area contributed by atoms with Gasteiger partial charge in [-0.25, -0.2) is 18.1 Å². The first-order valence-electron chi connectivity index (χ1n) is 13.0. The van der Waals surface area contributed by atoms with Gasteiger partial charge < -0.3 is 10.1 Å². The Bertz CT molecular complexity index is 1380. The summed E-state index contributed by atoms with van der Waals surface area (Å²) in [6.45, 7) is 1.59. The summed E-state index contributed by atoms with van der Waals surface area (Å²) in [4.78, 5) is 40.2. The van der Waals surface area contributed by atoms with Crippen LogP contribution in [0.15, 0.2) is 107 Å². The second kappa shape index (κ2) is 14.8. The number of aryl methyl sites for hydroxylation is 1. The SMILES string of the molecule is CCC(=O)N(C(=O)OC)C(Cc1ccccc1)C(=O)N[C@H](/C=C/S(=O)(=O)c1ccccc1)CCc1ccccc1. The fourth-order valence-corrected chi connectivity index (χ4v) is 5.25. The predicted molar refractivity (Wildman–Crippen MR) is 153 cm³/mol. The molecule has 0 spiro atoms. The van der Waals surface area contributed by atoms with E-state index in [-0.39, 0.29) is 17.7 Å². The van der Waals surface area contributed by atoms with Gasteiger partial charge in [0.15, 0.2) is 9.84 Å². The van der Waals surface area contributed by atoms with Crippen molar-refractivity contribution in [3.05, 3.63) is 114 Å². The van der Waals surface area contributed by atoms with Gasteiger partial charge in [0.2, 0.25) is 11.8 Å². The number of nitrogens with one attached hydrogen (secondary N) is 1. The Kier molecular flexibility index (Phi) is 11.2. The van der Waals surface area contributed by atoms with E-state index in [2.05, 4.69) is 5.32 Å². The molecule has 0 aliphatic rings. The minimum atomic E-state index is -3.76. The van der Waals surface area contributed by atoms with Crippen LogP contribution in [0.2, 0.25) is 0 Å². The Morgan fingerprint density at radius 1 is 0.875 bits per heavy atom. The third kappa shape index (κ3) is 8.64. The summed E-state index contributed by atoms with van der Waals surface area (Å²) in [6, 6.07) is 24.7. The molecule has 8 nitrogen and oxygen atoms in total. The molecule has 0 aromatic heterocycles. The zero-order valence-corrected chi connectivity index (χ0v) is 23.4. The molecular weight excluding hydrogens is 528 g/mol. The number of nitrogens with zero attached hydrogens (tertiary/aromatic N) is 1. The number of ether oxygens (including phenoxy) is 1. The van der Waals surface area contributed by atoms with Crippen LogP contribution in [0.1, 0.15) is 30.9 Å². The van der Waals surface area contributed by atoms with E-state index in [4.69, 9.17) is 4.74 Å².